The van der Waals surface area contributed by atoms with Crippen LogP contribution in [0.1, 0.15) is 25.3 Å². The Morgan fingerprint density at radius 1 is 1.35 bits per heavy atom. The van der Waals surface area contributed by atoms with Crippen LogP contribution in [0.4, 0.5) is 4.39 Å². The van der Waals surface area contributed by atoms with E-state index in [-0.39, 0.29) is 11.7 Å². The molecule has 0 fully saturated rings. The standard InChI is InChI=1S/C15H18FNO3/c1-11(15(19)20)3-2-10-17-14(18)9-6-12-4-7-13(16)8-5-12/h4-9,11H,2-3,10H2,1H3,(H,17,18)(H,19,20)/b9-6+. The molecule has 0 heterocycles. The summed E-state index contributed by atoms with van der Waals surface area (Å²) in [4.78, 5) is 22.1. The Hall–Kier alpha value is -2.17. The van der Waals surface area contributed by atoms with Crippen molar-refractivity contribution in [2.75, 3.05) is 6.54 Å². The molecule has 1 amide bonds. The lowest BCUT2D eigenvalue weighted by Gasteiger charge is -2.05. The quantitative estimate of drug-likeness (QED) is 0.595. The summed E-state index contributed by atoms with van der Waals surface area (Å²) < 4.78 is 12.7. The van der Waals surface area contributed by atoms with E-state index in [9.17, 15) is 14.0 Å². The Kier molecular flexibility index (Phi) is 6.43. The second-order valence-corrected chi connectivity index (χ2v) is 4.56. The zero-order chi connectivity index (χ0) is 15.0. The lowest BCUT2D eigenvalue weighted by molar-refractivity contribution is -0.141. The van der Waals surface area contributed by atoms with Crippen molar-refractivity contribution in [1.82, 2.24) is 5.32 Å². The molecule has 0 radical (unpaired) electrons. The van der Waals surface area contributed by atoms with Crippen LogP contribution in [0.25, 0.3) is 6.08 Å². The van der Waals surface area contributed by atoms with Gasteiger partial charge in [0.05, 0.1) is 5.92 Å². The summed E-state index contributed by atoms with van der Waals surface area (Å²) in [6, 6.07) is 5.80. The van der Waals surface area contributed by atoms with Crippen molar-refractivity contribution in [2.24, 2.45) is 5.92 Å². The minimum atomic E-state index is -0.826. The maximum atomic E-state index is 12.7. The van der Waals surface area contributed by atoms with Gasteiger partial charge in [-0.25, -0.2) is 4.39 Å². The molecule has 0 saturated heterocycles. The third-order valence-corrected chi connectivity index (χ3v) is 2.83. The number of hydrogen-bond acceptors (Lipinski definition) is 2. The van der Waals surface area contributed by atoms with Crippen LogP contribution < -0.4 is 5.32 Å². The van der Waals surface area contributed by atoms with Gasteiger partial charge in [0.1, 0.15) is 5.82 Å². The lowest BCUT2D eigenvalue weighted by atomic mass is 10.1. The van der Waals surface area contributed by atoms with E-state index in [1.54, 1.807) is 25.1 Å². The molecule has 0 aliphatic heterocycles. The first-order valence-corrected chi connectivity index (χ1v) is 6.43. The molecule has 1 aromatic carbocycles. The van der Waals surface area contributed by atoms with Crippen LogP contribution in [0.5, 0.6) is 0 Å². The molecule has 5 heteroatoms. The number of aliphatic carboxylic acids is 1. The lowest BCUT2D eigenvalue weighted by Crippen LogP contribution is -2.23. The summed E-state index contributed by atoms with van der Waals surface area (Å²) in [5, 5.41) is 11.4. The number of carbonyl (C=O) groups excluding carboxylic acids is 1. The van der Waals surface area contributed by atoms with Gasteiger partial charge in [0, 0.05) is 12.6 Å². The Morgan fingerprint density at radius 2 is 2.00 bits per heavy atom. The van der Waals surface area contributed by atoms with Crippen LogP contribution in [-0.4, -0.2) is 23.5 Å². The summed E-state index contributed by atoms with van der Waals surface area (Å²) in [5.74, 6) is -1.80. The number of rotatable bonds is 7. The molecule has 1 rings (SSSR count). The molecule has 1 atom stereocenters. The molecule has 20 heavy (non-hydrogen) atoms. The van der Waals surface area contributed by atoms with Crippen LogP contribution in [0.15, 0.2) is 30.3 Å². The molecule has 108 valence electrons. The summed E-state index contributed by atoms with van der Waals surface area (Å²) in [5.41, 5.74) is 0.737. The largest absolute Gasteiger partial charge is 0.481 e. The van der Waals surface area contributed by atoms with E-state index in [0.717, 1.165) is 5.56 Å². The normalized spacial score (nSPS) is 12.3. The van der Waals surface area contributed by atoms with E-state index in [0.29, 0.717) is 19.4 Å². The van der Waals surface area contributed by atoms with Crippen LogP contribution in [0, 0.1) is 11.7 Å². The number of carboxylic acids is 1. The molecule has 1 unspecified atom stereocenters. The number of amides is 1. The monoisotopic (exact) mass is 279 g/mol. The van der Waals surface area contributed by atoms with E-state index in [1.165, 1.54) is 18.2 Å². The molecular weight excluding hydrogens is 261 g/mol. The molecule has 0 bridgehead atoms. The topological polar surface area (TPSA) is 66.4 Å². The highest BCUT2D eigenvalue weighted by Gasteiger charge is 2.09. The summed E-state index contributed by atoms with van der Waals surface area (Å²) in [7, 11) is 0. The fourth-order valence-electron chi connectivity index (χ4n) is 1.55. The number of carboxylic acid groups (broad SMARTS) is 1. The Labute approximate surface area is 117 Å². The van der Waals surface area contributed by atoms with E-state index < -0.39 is 11.9 Å². The predicted octanol–water partition coefficient (Wildman–Crippen LogP) is 2.46. The Balaban J connectivity index is 2.26. The van der Waals surface area contributed by atoms with Gasteiger partial charge in [-0.1, -0.05) is 19.1 Å². The van der Waals surface area contributed by atoms with Crippen molar-refractivity contribution in [3.8, 4) is 0 Å². The number of hydrogen-bond donors (Lipinski definition) is 2. The highest BCUT2D eigenvalue weighted by Crippen LogP contribution is 2.05. The maximum Gasteiger partial charge on any atom is 0.306 e. The molecule has 0 saturated carbocycles. The first-order valence-electron chi connectivity index (χ1n) is 6.43. The third-order valence-electron chi connectivity index (χ3n) is 2.83. The van der Waals surface area contributed by atoms with Crippen LogP contribution in [-0.2, 0) is 9.59 Å². The Bertz CT molecular complexity index is 482. The second-order valence-electron chi connectivity index (χ2n) is 4.56. The van der Waals surface area contributed by atoms with Gasteiger partial charge in [-0.2, -0.15) is 0 Å². The van der Waals surface area contributed by atoms with Crippen molar-refractivity contribution in [3.05, 3.63) is 41.7 Å². The number of carbonyl (C=O) groups is 2. The van der Waals surface area contributed by atoms with Gasteiger partial charge in [-0.3, -0.25) is 9.59 Å². The third kappa shape index (κ3) is 6.13. The zero-order valence-corrected chi connectivity index (χ0v) is 11.3. The smallest absolute Gasteiger partial charge is 0.306 e. The minimum Gasteiger partial charge on any atom is -0.481 e. The average molecular weight is 279 g/mol. The molecule has 0 aliphatic rings. The number of halogens is 1. The van der Waals surface area contributed by atoms with Gasteiger partial charge in [0.2, 0.25) is 5.91 Å². The minimum absolute atomic E-state index is 0.252. The second kappa shape index (κ2) is 8.09. The SMILES string of the molecule is CC(CCCNC(=O)/C=C/c1ccc(F)cc1)C(=O)O. The van der Waals surface area contributed by atoms with Gasteiger partial charge in [0.15, 0.2) is 0 Å². The molecule has 0 spiro atoms. The molecule has 4 nitrogen and oxygen atoms in total. The maximum absolute atomic E-state index is 12.7. The molecule has 0 aliphatic carbocycles. The van der Waals surface area contributed by atoms with Gasteiger partial charge >= 0.3 is 5.97 Å². The van der Waals surface area contributed by atoms with Crippen molar-refractivity contribution in [2.45, 2.75) is 19.8 Å². The molecule has 1 aromatic rings. The fraction of sp³-hybridized carbons (Fsp3) is 0.333. The number of benzene rings is 1. The first-order chi connectivity index (χ1) is 9.49. The number of nitrogens with one attached hydrogen (secondary N) is 1. The van der Waals surface area contributed by atoms with E-state index in [4.69, 9.17) is 5.11 Å². The van der Waals surface area contributed by atoms with E-state index in [2.05, 4.69) is 5.32 Å². The summed E-state index contributed by atoms with van der Waals surface area (Å²) >= 11 is 0. The van der Waals surface area contributed by atoms with Gasteiger partial charge in [-0.15, -0.1) is 0 Å². The summed E-state index contributed by atoms with van der Waals surface area (Å²) in [6.07, 6.45) is 4.10. The first kappa shape index (κ1) is 15.9. The van der Waals surface area contributed by atoms with E-state index in [1.807, 2.05) is 0 Å². The fourth-order valence-corrected chi connectivity index (χ4v) is 1.55. The highest BCUT2D eigenvalue weighted by molar-refractivity contribution is 5.91. The van der Waals surface area contributed by atoms with Gasteiger partial charge in [0.25, 0.3) is 0 Å². The van der Waals surface area contributed by atoms with Gasteiger partial charge < -0.3 is 10.4 Å². The molecule has 2 N–H and O–H groups in total. The van der Waals surface area contributed by atoms with Gasteiger partial charge in [-0.05, 0) is 36.6 Å². The van der Waals surface area contributed by atoms with Crippen LogP contribution in [0.3, 0.4) is 0 Å². The highest BCUT2D eigenvalue weighted by atomic mass is 19.1. The average Bonchev–Trinajstić information content (AvgIpc) is 2.42. The van der Waals surface area contributed by atoms with Crippen molar-refractivity contribution >= 4 is 18.0 Å². The van der Waals surface area contributed by atoms with Crippen molar-refractivity contribution < 1.29 is 19.1 Å². The zero-order valence-electron chi connectivity index (χ0n) is 11.3. The Morgan fingerprint density at radius 3 is 2.60 bits per heavy atom. The van der Waals surface area contributed by atoms with Crippen LogP contribution in [0.2, 0.25) is 0 Å². The predicted molar refractivity (Wildman–Crippen MR) is 74.5 cm³/mol. The van der Waals surface area contributed by atoms with E-state index >= 15 is 0 Å². The molecule has 0 aromatic heterocycles. The molecular formula is C15H18FNO3. The summed E-state index contributed by atoms with van der Waals surface area (Å²) in [6.45, 7) is 2.07. The van der Waals surface area contributed by atoms with Crippen molar-refractivity contribution in [3.63, 3.8) is 0 Å². The van der Waals surface area contributed by atoms with Crippen LogP contribution >= 0.6 is 0 Å². The van der Waals surface area contributed by atoms with Crippen molar-refractivity contribution in [1.29, 1.82) is 0 Å².